The molecule has 0 aliphatic carbocycles. The number of halogens is 2. The quantitative estimate of drug-likeness (QED) is 0.332. The third-order valence-electron chi connectivity index (χ3n) is 3.47. The van der Waals surface area contributed by atoms with E-state index < -0.39 is 20.6 Å². The highest BCUT2D eigenvalue weighted by atomic mass is 35.5. The molecule has 1 aromatic carbocycles. The van der Waals surface area contributed by atoms with Gasteiger partial charge in [-0.3, -0.25) is 15.0 Å². The van der Waals surface area contributed by atoms with Crippen LogP contribution in [0, 0.1) is 10.1 Å². The van der Waals surface area contributed by atoms with Crippen molar-refractivity contribution in [1.29, 1.82) is 0 Å². The van der Waals surface area contributed by atoms with Crippen LogP contribution in [0.5, 0.6) is 0 Å². The Hall–Kier alpha value is -0.970. The summed E-state index contributed by atoms with van der Waals surface area (Å²) in [4.78, 5) is 12.2. The van der Waals surface area contributed by atoms with Crippen LogP contribution in [0.1, 0.15) is 6.42 Å². The first-order valence-corrected chi connectivity index (χ1v) is 9.00. The number of nitro benzene ring substituents is 1. The van der Waals surface area contributed by atoms with E-state index in [4.69, 9.17) is 16.3 Å². The van der Waals surface area contributed by atoms with Gasteiger partial charge in [0.05, 0.1) is 23.0 Å². The molecule has 1 aromatic rings. The maximum Gasteiger partial charge on any atom is 0.289 e. The zero-order chi connectivity index (χ0) is 16.9. The van der Waals surface area contributed by atoms with Gasteiger partial charge in [-0.15, -0.1) is 0 Å². The van der Waals surface area contributed by atoms with E-state index in [1.54, 1.807) is 0 Å². The van der Waals surface area contributed by atoms with Gasteiger partial charge in [-0.2, -0.15) is 0 Å². The second-order valence-electron chi connectivity index (χ2n) is 5.08. The summed E-state index contributed by atoms with van der Waals surface area (Å²) in [6.45, 7) is 4.11. The number of nitrogens with one attached hydrogen (secondary N) is 1. The average molecular weight is 399 g/mol. The van der Waals surface area contributed by atoms with Gasteiger partial charge in [0, 0.05) is 25.7 Å². The third kappa shape index (κ3) is 5.83. The zero-order valence-corrected chi connectivity index (χ0v) is 15.1. The predicted molar refractivity (Wildman–Crippen MR) is 85.2 cm³/mol. The number of nitro groups is 1. The number of ether oxygens (including phenoxy) is 1. The number of hydrogen-bond acceptors (Lipinski definition) is 6. The summed E-state index contributed by atoms with van der Waals surface area (Å²) in [5.74, 6) is 0. The van der Waals surface area contributed by atoms with Gasteiger partial charge in [-0.25, -0.2) is 13.1 Å². The topological polar surface area (TPSA) is 102 Å². The van der Waals surface area contributed by atoms with Crippen molar-refractivity contribution in [3.63, 3.8) is 0 Å². The Labute approximate surface area is 151 Å². The lowest BCUT2D eigenvalue weighted by molar-refractivity contribution is -0.384. The standard InChI is InChI=1S/C13H18ClN3O5S.ClH/c14-12-3-2-11(10-13(12)17(18)19)23(20,21)15-4-1-5-16-6-8-22-9-7-16;/h2-3,10,15H,1,4-9H2;1H/p-1. The van der Waals surface area contributed by atoms with E-state index in [1.807, 2.05) is 0 Å². The largest absolute Gasteiger partial charge is 1.00 e. The summed E-state index contributed by atoms with van der Waals surface area (Å²) >= 11 is 5.68. The van der Waals surface area contributed by atoms with Gasteiger partial charge in [0.25, 0.3) is 5.69 Å². The number of sulfonamides is 1. The Bertz CT molecular complexity index is 666. The lowest BCUT2D eigenvalue weighted by atomic mass is 10.3. The molecule has 24 heavy (non-hydrogen) atoms. The molecule has 1 aliphatic rings. The molecule has 0 bridgehead atoms. The smallest absolute Gasteiger partial charge is 0.289 e. The molecule has 0 radical (unpaired) electrons. The minimum absolute atomic E-state index is 0. The Morgan fingerprint density at radius 1 is 1.33 bits per heavy atom. The molecule has 0 atom stereocenters. The zero-order valence-electron chi connectivity index (χ0n) is 12.8. The lowest BCUT2D eigenvalue weighted by Gasteiger charge is -2.26. The molecule has 1 heterocycles. The van der Waals surface area contributed by atoms with Crippen LogP contribution in [0.15, 0.2) is 23.1 Å². The van der Waals surface area contributed by atoms with Crippen molar-refractivity contribution >= 4 is 27.3 Å². The number of benzene rings is 1. The van der Waals surface area contributed by atoms with E-state index in [0.29, 0.717) is 19.6 Å². The maximum atomic E-state index is 12.2. The second kappa shape index (κ2) is 9.50. The first-order valence-electron chi connectivity index (χ1n) is 7.14. The van der Waals surface area contributed by atoms with Crippen LogP contribution < -0.4 is 17.1 Å². The monoisotopic (exact) mass is 398 g/mol. The van der Waals surface area contributed by atoms with Crippen LogP contribution >= 0.6 is 11.6 Å². The first kappa shape index (κ1) is 21.1. The highest BCUT2D eigenvalue weighted by Crippen LogP contribution is 2.26. The molecule has 8 nitrogen and oxygen atoms in total. The van der Waals surface area contributed by atoms with Crippen LogP contribution in [-0.4, -0.2) is 57.6 Å². The Balaban J connectivity index is 0.00000288. The van der Waals surface area contributed by atoms with Crippen molar-refractivity contribution in [2.24, 2.45) is 0 Å². The average Bonchev–Trinajstić information content (AvgIpc) is 2.52. The molecule has 1 fully saturated rings. The number of rotatable bonds is 7. The van der Waals surface area contributed by atoms with E-state index in [9.17, 15) is 18.5 Å². The minimum atomic E-state index is -3.79. The first-order chi connectivity index (χ1) is 10.9. The molecule has 2 rings (SSSR count). The van der Waals surface area contributed by atoms with Crippen LogP contribution in [0.4, 0.5) is 5.69 Å². The molecule has 1 N–H and O–H groups in total. The molecule has 0 amide bonds. The lowest BCUT2D eigenvalue weighted by Crippen LogP contribution is -3.00. The van der Waals surface area contributed by atoms with E-state index in [2.05, 4.69) is 9.62 Å². The van der Waals surface area contributed by atoms with Gasteiger partial charge in [-0.1, -0.05) is 11.6 Å². The van der Waals surface area contributed by atoms with Crippen LogP contribution in [0.3, 0.4) is 0 Å². The Morgan fingerprint density at radius 2 is 2.00 bits per heavy atom. The highest BCUT2D eigenvalue weighted by Gasteiger charge is 2.20. The second-order valence-corrected chi connectivity index (χ2v) is 7.25. The van der Waals surface area contributed by atoms with E-state index in [1.165, 1.54) is 12.1 Å². The molecule has 11 heteroatoms. The van der Waals surface area contributed by atoms with E-state index in [-0.39, 0.29) is 28.9 Å². The van der Waals surface area contributed by atoms with Crippen LogP contribution in [0.25, 0.3) is 0 Å². The molecule has 1 aliphatic heterocycles. The summed E-state index contributed by atoms with van der Waals surface area (Å²) in [5, 5.41) is 10.7. The summed E-state index contributed by atoms with van der Waals surface area (Å²) in [6, 6.07) is 3.42. The van der Waals surface area contributed by atoms with Crippen LogP contribution in [-0.2, 0) is 14.8 Å². The third-order valence-corrected chi connectivity index (χ3v) is 5.25. The van der Waals surface area contributed by atoms with Crippen molar-refractivity contribution < 1.29 is 30.5 Å². The fraction of sp³-hybridized carbons (Fsp3) is 0.538. The van der Waals surface area contributed by atoms with E-state index >= 15 is 0 Å². The number of nitrogens with zero attached hydrogens (tertiary/aromatic N) is 2. The Kier molecular flexibility index (Phi) is 8.34. The molecule has 0 aromatic heterocycles. The molecule has 0 unspecified atom stereocenters. The highest BCUT2D eigenvalue weighted by molar-refractivity contribution is 7.89. The Morgan fingerprint density at radius 3 is 2.62 bits per heavy atom. The normalized spacial score (nSPS) is 15.7. The van der Waals surface area contributed by atoms with Crippen molar-refractivity contribution in [2.45, 2.75) is 11.3 Å². The summed E-state index contributed by atoms with van der Waals surface area (Å²) in [5.41, 5.74) is -0.428. The number of hydrogen-bond donors (Lipinski definition) is 1. The van der Waals surface area contributed by atoms with Crippen LogP contribution in [0.2, 0.25) is 5.02 Å². The van der Waals surface area contributed by atoms with Crippen molar-refractivity contribution in [1.82, 2.24) is 9.62 Å². The molecular weight excluding hydrogens is 381 g/mol. The van der Waals surface area contributed by atoms with Gasteiger partial charge >= 0.3 is 0 Å². The predicted octanol–water partition coefficient (Wildman–Crippen LogP) is -1.75. The van der Waals surface area contributed by atoms with Crippen molar-refractivity contribution in [2.75, 3.05) is 39.4 Å². The fourth-order valence-electron chi connectivity index (χ4n) is 2.22. The molecule has 1 saturated heterocycles. The number of morpholine rings is 1. The van der Waals surface area contributed by atoms with Gasteiger partial charge < -0.3 is 17.1 Å². The molecule has 0 spiro atoms. The van der Waals surface area contributed by atoms with Gasteiger partial charge in [0.2, 0.25) is 10.0 Å². The molecular formula is C13H18Cl2N3O5S-. The minimum Gasteiger partial charge on any atom is -1.00 e. The maximum absolute atomic E-state index is 12.2. The summed E-state index contributed by atoms with van der Waals surface area (Å²) in [7, 11) is -3.79. The summed E-state index contributed by atoms with van der Waals surface area (Å²) < 4.78 is 32.0. The van der Waals surface area contributed by atoms with E-state index in [0.717, 1.165) is 25.7 Å². The van der Waals surface area contributed by atoms with Gasteiger partial charge in [-0.05, 0) is 25.1 Å². The van der Waals surface area contributed by atoms with Gasteiger partial charge in [0.15, 0.2) is 0 Å². The van der Waals surface area contributed by atoms with Gasteiger partial charge in [0.1, 0.15) is 5.02 Å². The SMILES string of the molecule is O=[N+]([O-])c1cc(S(=O)(=O)NCCCN2CCOCC2)ccc1Cl.[Cl-]. The van der Waals surface area contributed by atoms with Crippen molar-refractivity contribution in [3.05, 3.63) is 33.3 Å². The molecule has 136 valence electrons. The summed E-state index contributed by atoms with van der Waals surface area (Å²) in [6.07, 6.45) is 0.648. The molecule has 0 saturated carbocycles. The fourth-order valence-corrected chi connectivity index (χ4v) is 3.50. The van der Waals surface area contributed by atoms with Crippen molar-refractivity contribution in [3.8, 4) is 0 Å².